The van der Waals surface area contributed by atoms with Crippen LogP contribution in [0.2, 0.25) is 0 Å². The number of nitrogens with one attached hydrogen (secondary N) is 1. The highest BCUT2D eigenvalue weighted by molar-refractivity contribution is 6.04. The van der Waals surface area contributed by atoms with Crippen LogP contribution in [0.3, 0.4) is 0 Å². The molecule has 0 bridgehead atoms. The number of para-hydroxylation sites is 1. The molecule has 5 heteroatoms. The molecule has 148 valence electrons. The van der Waals surface area contributed by atoms with Crippen molar-refractivity contribution in [1.29, 1.82) is 0 Å². The fourth-order valence-corrected chi connectivity index (χ4v) is 2.68. The summed E-state index contributed by atoms with van der Waals surface area (Å²) in [7, 11) is 0. The number of hydrogen-bond acceptors (Lipinski definition) is 4. The molecule has 0 spiro atoms. The molecule has 0 heterocycles. The van der Waals surface area contributed by atoms with Gasteiger partial charge in [-0.05, 0) is 60.9 Å². The largest absolute Gasteiger partial charge is 0.482 e. The van der Waals surface area contributed by atoms with Crippen molar-refractivity contribution in [2.75, 3.05) is 11.9 Å². The van der Waals surface area contributed by atoms with Gasteiger partial charge >= 0.3 is 5.97 Å². The van der Waals surface area contributed by atoms with E-state index >= 15 is 0 Å². The van der Waals surface area contributed by atoms with E-state index in [0.717, 1.165) is 22.4 Å². The predicted molar refractivity (Wildman–Crippen MR) is 112 cm³/mol. The second-order valence-electron chi connectivity index (χ2n) is 6.74. The molecule has 1 amide bonds. The van der Waals surface area contributed by atoms with Crippen LogP contribution in [0.25, 0.3) is 0 Å². The topological polar surface area (TPSA) is 64.6 Å². The number of carbonyl (C=O) groups is 2. The van der Waals surface area contributed by atoms with E-state index in [1.165, 1.54) is 0 Å². The molecule has 0 saturated carbocycles. The van der Waals surface area contributed by atoms with Gasteiger partial charge in [-0.1, -0.05) is 42.5 Å². The highest BCUT2D eigenvalue weighted by atomic mass is 16.6. The quantitative estimate of drug-likeness (QED) is 0.596. The summed E-state index contributed by atoms with van der Waals surface area (Å²) in [5.74, 6) is 0.0363. The van der Waals surface area contributed by atoms with Crippen molar-refractivity contribution in [3.05, 3.63) is 95.1 Å². The molecule has 3 rings (SSSR count). The van der Waals surface area contributed by atoms with Gasteiger partial charge in [-0.3, -0.25) is 4.79 Å². The van der Waals surface area contributed by atoms with Crippen molar-refractivity contribution in [2.45, 2.75) is 20.5 Å². The van der Waals surface area contributed by atoms with E-state index in [1.54, 1.807) is 24.3 Å². The number of esters is 1. The Kier molecular flexibility index (Phi) is 6.63. The molecule has 0 aliphatic rings. The first-order valence-electron chi connectivity index (χ1n) is 9.32. The molecule has 0 atom stereocenters. The minimum atomic E-state index is -0.447. The zero-order valence-electron chi connectivity index (χ0n) is 16.5. The molecule has 3 aromatic rings. The molecule has 0 fully saturated rings. The van der Waals surface area contributed by atoms with Crippen LogP contribution in [-0.4, -0.2) is 18.5 Å². The molecule has 0 unspecified atom stereocenters. The molecular formula is C24H23NO4. The molecule has 0 aliphatic carbocycles. The Balaban J connectivity index is 1.47. The van der Waals surface area contributed by atoms with Crippen molar-refractivity contribution in [3.63, 3.8) is 0 Å². The monoisotopic (exact) mass is 389 g/mol. The minimum absolute atomic E-state index is 0.121. The third-order valence-electron chi connectivity index (χ3n) is 4.34. The van der Waals surface area contributed by atoms with Crippen molar-refractivity contribution in [1.82, 2.24) is 0 Å². The van der Waals surface area contributed by atoms with Gasteiger partial charge in [-0.15, -0.1) is 0 Å². The Labute approximate surface area is 170 Å². The molecule has 3 aromatic carbocycles. The smallest absolute Gasteiger partial charge is 0.344 e. The third kappa shape index (κ3) is 5.94. The maximum atomic E-state index is 12.2. The van der Waals surface area contributed by atoms with E-state index in [1.807, 2.05) is 62.4 Å². The molecule has 0 radical (unpaired) electrons. The van der Waals surface area contributed by atoms with Crippen LogP contribution in [0.1, 0.15) is 27.0 Å². The van der Waals surface area contributed by atoms with Crippen LogP contribution < -0.4 is 10.1 Å². The van der Waals surface area contributed by atoms with Gasteiger partial charge in [-0.25, -0.2) is 4.79 Å². The van der Waals surface area contributed by atoms with E-state index in [9.17, 15) is 9.59 Å². The Bertz CT molecular complexity index is 982. The second-order valence-corrected chi connectivity index (χ2v) is 6.74. The summed E-state index contributed by atoms with van der Waals surface area (Å²) in [6, 6.07) is 22.0. The Morgan fingerprint density at radius 2 is 1.62 bits per heavy atom. The van der Waals surface area contributed by atoms with Gasteiger partial charge in [0.1, 0.15) is 12.4 Å². The molecule has 0 aliphatic heterocycles. The first-order valence-corrected chi connectivity index (χ1v) is 9.32. The number of rotatable bonds is 7. The van der Waals surface area contributed by atoms with Crippen LogP contribution in [0.5, 0.6) is 5.75 Å². The summed E-state index contributed by atoms with van der Waals surface area (Å²) < 4.78 is 10.8. The maximum absolute atomic E-state index is 12.2. The SMILES string of the molecule is Cc1ccc(C)c(OCC(=O)OCc2ccc(C(=O)Nc3ccccc3)cc2)c1. The second kappa shape index (κ2) is 9.55. The van der Waals surface area contributed by atoms with Gasteiger partial charge < -0.3 is 14.8 Å². The molecular weight excluding hydrogens is 366 g/mol. The zero-order chi connectivity index (χ0) is 20.6. The van der Waals surface area contributed by atoms with Crippen LogP contribution in [0, 0.1) is 13.8 Å². The number of anilines is 1. The summed E-state index contributed by atoms with van der Waals surface area (Å²) in [5, 5.41) is 2.83. The average Bonchev–Trinajstić information content (AvgIpc) is 2.74. The summed E-state index contributed by atoms with van der Waals surface area (Å²) in [6.07, 6.45) is 0. The summed E-state index contributed by atoms with van der Waals surface area (Å²) in [5.41, 5.74) is 4.09. The van der Waals surface area contributed by atoms with Crippen LogP contribution in [-0.2, 0) is 16.1 Å². The van der Waals surface area contributed by atoms with Crippen LogP contribution in [0.15, 0.2) is 72.8 Å². The zero-order valence-corrected chi connectivity index (χ0v) is 16.5. The van der Waals surface area contributed by atoms with E-state index < -0.39 is 5.97 Å². The van der Waals surface area contributed by atoms with Crippen molar-refractivity contribution in [2.24, 2.45) is 0 Å². The average molecular weight is 389 g/mol. The molecule has 1 N–H and O–H groups in total. The molecule has 0 aromatic heterocycles. The fraction of sp³-hybridized carbons (Fsp3) is 0.167. The number of aryl methyl sites for hydroxylation is 2. The van der Waals surface area contributed by atoms with Crippen LogP contribution >= 0.6 is 0 Å². The van der Waals surface area contributed by atoms with Gasteiger partial charge in [0, 0.05) is 11.3 Å². The lowest BCUT2D eigenvalue weighted by Crippen LogP contribution is -2.15. The fourth-order valence-electron chi connectivity index (χ4n) is 2.68. The predicted octanol–water partition coefficient (Wildman–Crippen LogP) is 4.68. The molecule has 29 heavy (non-hydrogen) atoms. The normalized spacial score (nSPS) is 10.3. The highest BCUT2D eigenvalue weighted by Gasteiger charge is 2.09. The van der Waals surface area contributed by atoms with E-state index in [0.29, 0.717) is 11.3 Å². The van der Waals surface area contributed by atoms with Crippen molar-refractivity contribution < 1.29 is 19.1 Å². The Morgan fingerprint density at radius 1 is 0.897 bits per heavy atom. The third-order valence-corrected chi connectivity index (χ3v) is 4.34. The number of carbonyl (C=O) groups excluding carboxylic acids is 2. The molecule has 5 nitrogen and oxygen atoms in total. The van der Waals surface area contributed by atoms with Gasteiger partial charge in [0.05, 0.1) is 0 Å². The summed E-state index contributed by atoms with van der Waals surface area (Å²) in [6.45, 7) is 3.86. The van der Waals surface area contributed by atoms with E-state index in [-0.39, 0.29) is 19.1 Å². The van der Waals surface area contributed by atoms with Crippen LogP contribution in [0.4, 0.5) is 5.69 Å². The van der Waals surface area contributed by atoms with E-state index in [4.69, 9.17) is 9.47 Å². The summed E-state index contributed by atoms with van der Waals surface area (Å²) in [4.78, 5) is 24.2. The first kappa shape index (κ1) is 20.1. The van der Waals surface area contributed by atoms with Gasteiger partial charge in [-0.2, -0.15) is 0 Å². The molecule has 0 saturated heterocycles. The number of hydrogen-bond donors (Lipinski definition) is 1. The van der Waals surface area contributed by atoms with Crippen molar-refractivity contribution in [3.8, 4) is 5.75 Å². The first-order chi connectivity index (χ1) is 14.0. The summed E-state index contributed by atoms with van der Waals surface area (Å²) >= 11 is 0. The lowest BCUT2D eigenvalue weighted by Gasteiger charge is -2.10. The van der Waals surface area contributed by atoms with Crippen molar-refractivity contribution >= 4 is 17.6 Å². The van der Waals surface area contributed by atoms with Gasteiger partial charge in [0.25, 0.3) is 5.91 Å². The Hall–Kier alpha value is -3.60. The van der Waals surface area contributed by atoms with Gasteiger partial charge in [0.15, 0.2) is 6.61 Å². The number of benzene rings is 3. The standard InChI is InChI=1S/C24H23NO4/c1-17-8-9-18(2)22(14-17)28-16-23(26)29-15-19-10-12-20(13-11-19)24(27)25-21-6-4-3-5-7-21/h3-14H,15-16H2,1-2H3,(H,25,27). The lowest BCUT2D eigenvalue weighted by atomic mass is 10.1. The van der Waals surface area contributed by atoms with Gasteiger partial charge in [0.2, 0.25) is 0 Å². The Morgan fingerprint density at radius 3 is 2.34 bits per heavy atom. The lowest BCUT2D eigenvalue weighted by molar-refractivity contribution is -0.147. The van der Waals surface area contributed by atoms with E-state index in [2.05, 4.69) is 5.32 Å². The highest BCUT2D eigenvalue weighted by Crippen LogP contribution is 2.19. The maximum Gasteiger partial charge on any atom is 0.344 e. The number of ether oxygens (including phenoxy) is 2. The number of amides is 1. The minimum Gasteiger partial charge on any atom is -0.482 e.